The molecule has 0 aliphatic heterocycles. The Morgan fingerprint density at radius 3 is 1.19 bits per heavy atom. The molecule has 12 N–H and O–H groups in total. The van der Waals surface area contributed by atoms with Crippen LogP contribution in [-0.2, 0) is 34.0 Å². The molecule has 0 saturated heterocycles. The number of benzene rings is 5. The van der Waals surface area contributed by atoms with E-state index < -0.39 is 71.8 Å². The van der Waals surface area contributed by atoms with E-state index in [1.807, 2.05) is 76.2 Å². The number of nitrogens with zero attached hydrogens (tertiary/aromatic N) is 1. The number of halogens is 5. The lowest BCUT2D eigenvalue weighted by Gasteiger charge is -2.19. The van der Waals surface area contributed by atoms with Crippen molar-refractivity contribution in [2.24, 2.45) is 0 Å². The monoisotopic (exact) mass is 1310 g/mol. The lowest BCUT2D eigenvalue weighted by molar-refractivity contribution is -0.140. The van der Waals surface area contributed by atoms with Crippen LogP contribution in [0.25, 0.3) is 0 Å². The van der Waals surface area contributed by atoms with E-state index >= 15 is 0 Å². The molecule has 0 radical (unpaired) electrons. The predicted molar refractivity (Wildman–Crippen MR) is 334 cm³/mol. The van der Waals surface area contributed by atoms with E-state index in [1.54, 1.807) is 56.3 Å². The molecule has 0 bridgehead atoms. The number of pyridine rings is 1. The molecule has 6 aromatic rings. The predicted octanol–water partition coefficient (Wildman–Crippen LogP) is 8.79. The van der Waals surface area contributed by atoms with Crippen LogP contribution in [0.2, 0.25) is 25.1 Å². The number of aliphatic carboxylic acids is 3. The Morgan fingerprint density at radius 1 is 0.443 bits per heavy atom. The number of hydrogen-bond acceptors (Lipinski definition) is 11. The first-order chi connectivity index (χ1) is 41.6. The van der Waals surface area contributed by atoms with Crippen LogP contribution in [0, 0.1) is 27.7 Å². The second-order valence-electron chi connectivity index (χ2n) is 19.5. The summed E-state index contributed by atoms with van der Waals surface area (Å²) < 4.78 is 5.68. The third-order valence-electron chi connectivity index (χ3n) is 12.1. The van der Waals surface area contributed by atoms with E-state index in [2.05, 4.69) is 52.8 Å². The Morgan fingerprint density at radius 2 is 0.807 bits per heavy atom. The molecule has 5 aromatic carbocycles. The normalized spacial score (nSPS) is 11.5. The van der Waals surface area contributed by atoms with Crippen LogP contribution >= 0.6 is 58.0 Å². The molecule has 0 aliphatic rings. The van der Waals surface area contributed by atoms with Gasteiger partial charge >= 0.3 is 36.0 Å². The molecule has 1 heterocycles. The van der Waals surface area contributed by atoms with Gasteiger partial charge in [-0.3, -0.25) is 19.4 Å². The van der Waals surface area contributed by atoms with Crippen LogP contribution in [-0.4, -0.2) is 118 Å². The Balaban J connectivity index is 0.000000283. The average Bonchev–Trinajstić information content (AvgIpc) is 3.66. The Bertz CT molecular complexity index is 3420. The van der Waals surface area contributed by atoms with Crippen molar-refractivity contribution in [3.05, 3.63) is 196 Å². The number of nitrogens with one attached hydrogen (secondary N) is 9. The number of hydrogen-bond donors (Lipinski definition) is 12. The van der Waals surface area contributed by atoms with Crippen molar-refractivity contribution in [3.63, 3.8) is 0 Å². The SMILES string of the molecule is Cc1cccc(CNC(=O)NC[C@H](NC(=O)c2c(C)cc(OC(C)C)cc2C)C(=O)O)c1.Cc1cccc(CNC(=O)NC[C@H](NC(=O)c2c(Cl)cncc2Cl)C(=O)O)c1.O=C(NCc1ccccc1Cl)NC[C@H](NC(=O)c1c(Cl)cccc1Cl)C(=O)O. The molecule has 0 fully saturated rings. The number of rotatable bonds is 23. The van der Waals surface area contributed by atoms with Crippen LogP contribution in [0.1, 0.15) is 83.9 Å². The van der Waals surface area contributed by atoms with E-state index in [-0.39, 0.29) is 70.0 Å². The number of carbonyl (C=O) groups excluding carboxylic acids is 6. The fraction of sp³-hybridized carbons (Fsp3) is 0.267. The highest BCUT2D eigenvalue weighted by Gasteiger charge is 2.27. The summed E-state index contributed by atoms with van der Waals surface area (Å²) in [5.41, 5.74) is 6.27. The molecule has 0 spiro atoms. The molecule has 0 aliphatic carbocycles. The third kappa shape index (κ3) is 24.1. The first kappa shape index (κ1) is 71.6. The molecule has 3 atom stereocenters. The molecule has 468 valence electrons. The highest BCUT2D eigenvalue weighted by atomic mass is 35.5. The zero-order valence-corrected chi connectivity index (χ0v) is 52.1. The minimum Gasteiger partial charge on any atom is -0.491 e. The van der Waals surface area contributed by atoms with Crippen LogP contribution in [0.15, 0.2) is 116 Å². The zero-order valence-electron chi connectivity index (χ0n) is 48.3. The quantitative estimate of drug-likeness (QED) is 0.0285. The number of amides is 9. The number of carboxylic acid groups (broad SMARTS) is 3. The van der Waals surface area contributed by atoms with Gasteiger partial charge in [-0.15, -0.1) is 0 Å². The molecular formula is C60H65Cl5N10O13. The molecule has 0 unspecified atom stereocenters. The van der Waals surface area contributed by atoms with Gasteiger partial charge in [-0.25, -0.2) is 28.8 Å². The molecule has 6 rings (SSSR count). The van der Waals surface area contributed by atoms with E-state index in [9.17, 15) is 58.5 Å². The van der Waals surface area contributed by atoms with Crippen molar-refractivity contribution in [2.45, 2.75) is 85.4 Å². The first-order valence-electron chi connectivity index (χ1n) is 26.6. The molecule has 23 nitrogen and oxygen atoms in total. The summed E-state index contributed by atoms with van der Waals surface area (Å²) in [5, 5.41) is 50.9. The van der Waals surface area contributed by atoms with Crippen molar-refractivity contribution in [3.8, 4) is 5.75 Å². The van der Waals surface area contributed by atoms with E-state index in [1.165, 1.54) is 24.5 Å². The second-order valence-corrected chi connectivity index (χ2v) is 21.6. The molecule has 9 amide bonds. The lowest BCUT2D eigenvalue weighted by Crippen LogP contribution is -2.50. The summed E-state index contributed by atoms with van der Waals surface area (Å²) in [6.07, 6.45) is 2.43. The van der Waals surface area contributed by atoms with Gasteiger partial charge in [0.1, 0.15) is 23.9 Å². The Labute approximate surface area is 531 Å². The van der Waals surface area contributed by atoms with Gasteiger partial charge < -0.3 is 67.9 Å². The van der Waals surface area contributed by atoms with Gasteiger partial charge in [0, 0.05) is 42.6 Å². The van der Waals surface area contributed by atoms with Crippen LogP contribution in [0.3, 0.4) is 0 Å². The summed E-state index contributed by atoms with van der Waals surface area (Å²) in [4.78, 5) is 111. The zero-order chi connectivity index (χ0) is 65.2. The average molecular weight is 1310 g/mol. The van der Waals surface area contributed by atoms with Gasteiger partial charge in [0.15, 0.2) is 0 Å². The van der Waals surface area contributed by atoms with Crippen molar-refractivity contribution >= 4 is 112 Å². The second kappa shape index (κ2) is 35.7. The maximum Gasteiger partial charge on any atom is 0.328 e. The van der Waals surface area contributed by atoms with Crippen LogP contribution in [0.4, 0.5) is 14.4 Å². The van der Waals surface area contributed by atoms with Crippen molar-refractivity contribution < 1.29 is 63.2 Å². The molecule has 88 heavy (non-hydrogen) atoms. The van der Waals surface area contributed by atoms with Gasteiger partial charge in [-0.05, 0) is 99.7 Å². The largest absolute Gasteiger partial charge is 0.491 e. The van der Waals surface area contributed by atoms with Crippen molar-refractivity contribution in [2.75, 3.05) is 19.6 Å². The van der Waals surface area contributed by atoms with Gasteiger partial charge in [-0.2, -0.15) is 0 Å². The van der Waals surface area contributed by atoms with E-state index in [0.717, 1.165) is 22.3 Å². The minimum absolute atomic E-state index is 0.00648. The van der Waals surface area contributed by atoms with E-state index in [4.69, 9.17) is 62.7 Å². The Hall–Kier alpha value is -8.87. The molecule has 0 saturated carbocycles. The lowest BCUT2D eigenvalue weighted by atomic mass is 10.0. The highest BCUT2D eigenvalue weighted by molar-refractivity contribution is 6.40. The van der Waals surface area contributed by atoms with Gasteiger partial charge in [-0.1, -0.05) is 142 Å². The van der Waals surface area contributed by atoms with Gasteiger partial charge in [0.05, 0.1) is 57.0 Å². The van der Waals surface area contributed by atoms with Crippen LogP contribution < -0.4 is 52.6 Å². The summed E-state index contributed by atoms with van der Waals surface area (Å²) in [7, 11) is 0. The number of aryl methyl sites for hydroxylation is 4. The maximum absolute atomic E-state index is 12.8. The first-order valence-corrected chi connectivity index (χ1v) is 28.5. The minimum atomic E-state index is -1.38. The number of carboxylic acids is 3. The summed E-state index contributed by atoms with van der Waals surface area (Å²) in [6, 6.07) is 24.5. The smallest absolute Gasteiger partial charge is 0.328 e. The van der Waals surface area contributed by atoms with Gasteiger partial charge in [0.25, 0.3) is 17.7 Å². The Kier molecular flexibility index (Phi) is 29.0. The highest BCUT2D eigenvalue weighted by Crippen LogP contribution is 2.26. The fourth-order valence-electron chi connectivity index (χ4n) is 7.85. The number of aromatic nitrogens is 1. The molecular weight excluding hydrogens is 1250 g/mol. The van der Waals surface area contributed by atoms with Crippen molar-refractivity contribution in [1.82, 2.24) is 52.8 Å². The fourth-order valence-corrected chi connectivity index (χ4v) is 9.16. The standard InChI is InChI=1S/C24H31N3O5.C18H16Cl3N3O4.C18H18Cl2N4O4/c1-14(2)32-19-10-16(4)21(17(5)11-19)22(28)27-20(23(29)30)13-26-24(31)25-12-18-8-6-7-15(3)9-18;19-11-5-2-1-4-10(11)8-22-18(28)23-9-14(17(26)27)24-16(25)15-12(20)6-3-7-13(15)21;1-10-3-2-4-11(5-10)6-22-18(28)23-9-14(17(26)27)24-16(25)15-12(19)7-21-8-13(15)20/h6-11,14,20H,12-13H2,1-5H3,(H,27,28)(H,29,30)(H2,25,26,31);1-7,14H,8-9H2,(H,24,25)(H,26,27)(H2,22,23,28);2-5,7-8,14H,6,9H2,1H3,(H,24,25)(H,26,27)(H2,22,23,28)/t20-;2*14-/m000/s1. The van der Waals surface area contributed by atoms with Crippen LogP contribution in [0.5, 0.6) is 5.75 Å². The summed E-state index contributed by atoms with van der Waals surface area (Å²) in [6.45, 7) is 11.0. The summed E-state index contributed by atoms with van der Waals surface area (Å²) >= 11 is 29.7. The molecule has 28 heteroatoms. The number of ether oxygens (including phenoxy) is 1. The number of carbonyl (C=O) groups is 9. The maximum atomic E-state index is 12.8. The van der Waals surface area contributed by atoms with Gasteiger partial charge in [0.2, 0.25) is 0 Å². The number of urea groups is 3. The molecule has 1 aromatic heterocycles. The topological polar surface area (TPSA) is 345 Å². The summed E-state index contributed by atoms with van der Waals surface area (Å²) in [5.74, 6) is -5.32. The third-order valence-corrected chi connectivity index (χ3v) is 13.6. The van der Waals surface area contributed by atoms with E-state index in [0.29, 0.717) is 39.6 Å². The van der Waals surface area contributed by atoms with Crippen molar-refractivity contribution in [1.29, 1.82) is 0 Å².